The smallest absolute Gasteiger partial charge is 0.134 e. The third kappa shape index (κ3) is 3.25. The van der Waals surface area contributed by atoms with Crippen molar-refractivity contribution in [2.75, 3.05) is 0 Å². The first-order chi connectivity index (χ1) is 9.24. The number of halogens is 1. The zero-order chi connectivity index (χ0) is 13.7. The molecule has 0 heterocycles. The van der Waals surface area contributed by atoms with E-state index in [1.165, 1.54) is 0 Å². The Morgan fingerprint density at radius 3 is 2.53 bits per heavy atom. The minimum Gasteiger partial charge on any atom is -0.457 e. The Kier molecular flexibility index (Phi) is 4.40. The molecule has 2 aromatic rings. The number of aliphatic hydroxyl groups excluding tert-OH is 1. The number of nitrogens with zero attached hydrogens (tertiary/aromatic N) is 1. The summed E-state index contributed by atoms with van der Waals surface area (Å²) in [6, 6.07) is 14.6. The molecule has 19 heavy (non-hydrogen) atoms. The summed E-state index contributed by atoms with van der Waals surface area (Å²) >= 11 is 5.99. The molecule has 4 heteroatoms. The van der Waals surface area contributed by atoms with Crippen molar-refractivity contribution in [3.05, 3.63) is 58.6 Å². The van der Waals surface area contributed by atoms with Crippen LogP contribution in [0.25, 0.3) is 0 Å². The van der Waals surface area contributed by atoms with Crippen LogP contribution in [0.2, 0.25) is 5.02 Å². The summed E-state index contributed by atoms with van der Waals surface area (Å²) in [7, 11) is 0. The van der Waals surface area contributed by atoms with E-state index in [-0.39, 0.29) is 6.61 Å². The predicted octanol–water partition coefficient (Wildman–Crippen LogP) is 3.69. The highest BCUT2D eigenvalue weighted by molar-refractivity contribution is 6.31. The maximum Gasteiger partial charge on any atom is 0.134 e. The standard InChI is InChI=1S/C15H12ClNO2/c16-14-2-1-3-15(13(14)10-18)19-12-6-4-11(5-7-12)8-9-17/h1-7,18H,8,10H2. The Labute approximate surface area is 116 Å². The van der Waals surface area contributed by atoms with E-state index in [0.717, 1.165) is 5.56 Å². The third-order valence-electron chi connectivity index (χ3n) is 2.67. The van der Waals surface area contributed by atoms with E-state index in [1.807, 2.05) is 12.1 Å². The maximum absolute atomic E-state index is 9.29. The van der Waals surface area contributed by atoms with Crippen LogP contribution in [0.1, 0.15) is 11.1 Å². The van der Waals surface area contributed by atoms with E-state index < -0.39 is 0 Å². The van der Waals surface area contributed by atoms with Gasteiger partial charge in [0, 0.05) is 10.6 Å². The molecule has 2 rings (SSSR count). The van der Waals surface area contributed by atoms with Gasteiger partial charge in [-0.2, -0.15) is 5.26 Å². The Bertz CT molecular complexity index is 603. The van der Waals surface area contributed by atoms with Gasteiger partial charge < -0.3 is 9.84 Å². The van der Waals surface area contributed by atoms with E-state index in [0.29, 0.717) is 28.5 Å². The van der Waals surface area contributed by atoms with Crippen LogP contribution in [0, 0.1) is 11.3 Å². The van der Waals surface area contributed by atoms with E-state index in [9.17, 15) is 5.11 Å². The quantitative estimate of drug-likeness (QED) is 0.924. The number of rotatable bonds is 4. The molecule has 0 aromatic heterocycles. The molecule has 96 valence electrons. The maximum atomic E-state index is 9.29. The number of benzene rings is 2. The average Bonchev–Trinajstić information content (AvgIpc) is 2.42. The van der Waals surface area contributed by atoms with Crippen molar-refractivity contribution in [3.63, 3.8) is 0 Å². The van der Waals surface area contributed by atoms with Crippen LogP contribution in [0.15, 0.2) is 42.5 Å². The molecule has 0 radical (unpaired) electrons. The van der Waals surface area contributed by atoms with Gasteiger partial charge in [0.1, 0.15) is 11.5 Å². The summed E-state index contributed by atoms with van der Waals surface area (Å²) in [5, 5.41) is 18.4. The van der Waals surface area contributed by atoms with Crippen LogP contribution in [-0.2, 0) is 13.0 Å². The van der Waals surface area contributed by atoms with Gasteiger partial charge in [-0.15, -0.1) is 0 Å². The number of aliphatic hydroxyl groups is 1. The van der Waals surface area contributed by atoms with E-state index >= 15 is 0 Å². The van der Waals surface area contributed by atoms with Crippen molar-refractivity contribution in [2.24, 2.45) is 0 Å². The predicted molar refractivity (Wildman–Crippen MR) is 73.2 cm³/mol. The third-order valence-corrected chi connectivity index (χ3v) is 3.02. The van der Waals surface area contributed by atoms with Crippen LogP contribution in [0.3, 0.4) is 0 Å². The summed E-state index contributed by atoms with van der Waals surface area (Å²) in [6.07, 6.45) is 0.374. The van der Waals surface area contributed by atoms with Crippen LogP contribution in [0.5, 0.6) is 11.5 Å². The lowest BCUT2D eigenvalue weighted by atomic mass is 10.1. The van der Waals surface area contributed by atoms with Crippen molar-refractivity contribution < 1.29 is 9.84 Å². The summed E-state index contributed by atoms with van der Waals surface area (Å²) in [5.41, 5.74) is 1.49. The summed E-state index contributed by atoms with van der Waals surface area (Å²) in [6.45, 7) is -0.179. The number of hydrogen-bond acceptors (Lipinski definition) is 3. The van der Waals surface area contributed by atoms with E-state index in [2.05, 4.69) is 6.07 Å². The molecule has 0 saturated carbocycles. The molecule has 0 atom stereocenters. The molecule has 0 saturated heterocycles. The molecular formula is C15H12ClNO2. The molecule has 0 fully saturated rings. The first kappa shape index (κ1) is 13.4. The largest absolute Gasteiger partial charge is 0.457 e. The molecule has 1 N–H and O–H groups in total. The molecule has 0 bridgehead atoms. The van der Waals surface area contributed by atoms with Crippen LogP contribution >= 0.6 is 11.6 Å². The first-order valence-electron chi connectivity index (χ1n) is 5.76. The van der Waals surface area contributed by atoms with Gasteiger partial charge in [0.05, 0.1) is 19.1 Å². The Hall–Kier alpha value is -2.02. The summed E-state index contributed by atoms with van der Waals surface area (Å²) in [5.74, 6) is 1.17. The highest BCUT2D eigenvalue weighted by atomic mass is 35.5. The first-order valence-corrected chi connectivity index (χ1v) is 6.14. The fourth-order valence-electron chi connectivity index (χ4n) is 1.68. The van der Waals surface area contributed by atoms with Crippen molar-refractivity contribution in [1.29, 1.82) is 5.26 Å². The van der Waals surface area contributed by atoms with Gasteiger partial charge in [0.2, 0.25) is 0 Å². The van der Waals surface area contributed by atoms with Crippen molar-refractivity contribution in [1.82, 2.24) is 0 Å². The van der Waals surface area contributed by atoms with Crippen LogP contribution < -0.4 is 4.74 Å². The fourth-order valence-corrected chi connectivity index (χ4v) is 1.91. The number of nitriles is 1. The van der Waals surface area contributed by atoms with Gasteiger partial charge in [-0.25, -0.2) is 0 Å². The topological polar surface area (TPSA) is 53.2 Å². The van der Waals surface area contributed by atoms with Gasteiger partial charge in [-0.1, -0.05) is 29.8 Å². The molecule has 0 unspecified atom stereocenters. The second-order valence-electron chi connectivity index (χ2n) is 3.96. The average molecular weight is 274 g/mol. The zero-order valence-electron chi connectivity index (χ0n) is 10.1. The molecule has 0 aliphatic carbocycles. The lowest BCUT2D eigenvalue weighted by molar-refractivity contribution is 0.276. The molecular weight excluding hydrogens is 262 g/mol. The molecule has 0 aliphatic rings. The summed E-state index contributed by atoms with van der Waals surface area (Å²) in [4.78, 5) is 0. The molecule has 0 amide bonds. The Morgan fingerprint density at radius 2 is 1.89 bits per heavy atom. The van der Waals surface area contributed by atoms with Gasteiger partial charge >= 0.3 is 0 Å². The molecule has 2 aromatic carbocycles. The Balaban J connectivity index is 2.22. The number of hydrogen-bond donors (Lipinski definition) is 1. The van der Waals surface area contributed by atoms with Crippen LogP contribution in [-0.4, -0.2) is 5.11 Å². The second-order valence-corrected chi connectivity index (χ2v) is 4.36. The highest BCUT2D eigenvalue weighted by Gasteiger charge is 2.08. The van der Waals surface area contributed by atoms with E-state index in [1.54, 1.807) is 30.3 Å². The normalized spacial score (nSPS) is 9.95. The van der Waals surface area contributed by atoms with Gasteiger partial charge in [0.25, 0.3) is 0 Å². The monoisotopic (exact) mass is 273 g/mol. The summed E-state index contributed by atoms with van der Waals surface area (Å²) < 4.78 is 5.69. The van der Waals surface area contributed by atoms with Gasteiger partial charge in [-0.3, -0.25) is 0 Å². The van der Waals surface area contributed by atoms with Crippen LogP contribution in [0.4, 0.5) is 0 Å². The molecule has 0 aliphatic heterocycles. The van der Waals surface area contributed by atoms with Crippen molar-refractivity contribution in [2.45, 2.75) is 13.0 Å². The SMILES string of the molecule is N#CCc1ccc(Oc2cccc(Cl)c2CO)cc1. The van der Waals surface area contributed by atoms with Crippen molar-refractivity contribution >= 4 is 11.6 Å². The van der Waals surface area contributed by atoms with Gasteiger partial charge in [-0.05, 0) is 29.8 Å². The Morgan fingerprint density at radius 1 is 1.16 bits per heavy atom. The number of ether oxygens (including phenoxy) is 1. The zero-order valence-corrected chi connectivity index (χ0v) is 10.9. The van der Waals surface area contributed by atoms with Gasteiger partial charge in [0.15, 0.2) is 0 Å². The van der Waals surface area contributed by atoms with E-state index in [4.69, 9.17) is 21.6 Å². The molecule has 0 spiro atoms. The highest BCUT2D eigenvalue weighted by Crippen LogP contribution is 2.30. The lowest BCUT2D eigenvalue weighted by Crippen LogP contribution is -1.93. The second kappa shape index (κ2) is 6.24. The minimum atomic E-state index is -0.179. The van der Waals surface area contributed by atoms with Crippen molar-refractivity contribution in [3.8, 4) is 17.6 Å². The minimum absolute atomic E-state index is 0.179. The molecule has 3 nitrogen and oxygen atoms in total. The lowest BCUT2D eigenvalue weighted by Gasteiger charge is -2.11. The fraction of sp³-hybridized carbons (Fsp3) is 0.133.